The standard InChI is InChI=1S/C17H19N3O.C2HF3O2/c1-2-9-19-10-7-16-15(19)8-11-20(16)17(21)14-5-3-13(12-18)4-6-14;3-2(4,5)1(6)7/h2-6,15-16H,1,7-11H2;(H,6,7). The molecule has 2 aliphatic heterocycles. The maximum Gasteiger partial charge on any atom is 0.490 e. The number of likely N-dealkylation sites (tertiary alicyclic amines) is 2. The maximum absolute atomic E-state index is 12.7. The summed E-state index contributed by atoms with van der Waals surface area (Å²) in [5.74, 6) is -2.67. The van der Waals surface area contributed by atoms with E-state index in [0.29, 0.717) is 23.2 Å². The first kappa shape index (κ1) is 21.4. The van der Waals surface area contributed by atoms with E-state index < -0.39 is 12.1 Å². The van der Waals surface area contributed by atoms with Crippen LogP contribution in [0.3, 0.4) is 0 Å². The minimum Gasteiger partial charge on any atom is -0.475 e. The molecule has 1 N–H and O–H groups in total. The predicted octanol–water partition coefficient (Wildman–Crippen LogP) is 2.67. The van der Waals surface area contributed by atoms with Crippen molar-refractivity contribution in [2.75, 3.05) is 19.6 Å². The molecule has 2 atom stereocenters. The first-order valence-electron chi connectivity index (χ1n) is 8.65. The number of benzene rings is 1. The number of nitriles is 1. The fourth-order valence-electron chi connectivity index (χ4n) is 3.57. The molecule has 28 heavy (non-hydrogen) atoms. The second kappa shape index (κ2) is 8.89. The van der Waals surface area contributed by atoms with Crippen molar-refractivity contribution in [1.82, 2.24) is 9.80 Å². The van der Waals surface area contributed by atoms with Crippen LogP contribution in [0.15, 0.2) is 36.9 Å². The second-order valence-electron chi connectivity index (χ2n) is 6.49. The zero-order valence-electron chi connectivity index (χ0n) is 15.0. The summed E-state index contributed by atoms with van der Waals surface area (Å²) in [7, 11) is 0. The van der Waals surface area contributed by atoms with Crippen molar-refractivity contribution >= 4 is 11.9 Å². The number of rotatable bonds is 3. The quantitative estimate of drug-likeness (QED) is 0.796. The molecule has 2 unspecified atom stereocenters. The zero-order chi connectivity index (χ0) is 20.9. The van der Waals surface area contributed by atoms with Crippen LogP contribution in [0.2, 0.25) is 0 Å². The molecule has 1 aromatic rings. The van der Waals surface area contributed by atoms with E-state index in [0.717, 1.165) is 32.5 Å². The minimum absolute atomic E-state index is 0.0902. The molecule has 9 heteroatoms. The van der Waals surface area contributed by atoms with Gasteiger partial charge in [-0.1, -0.05) is 6.08 Å². The summed E-state index contributed by atoms with van der Waals surface area (Å²) < 4.78 is 31.7. The number of hydrogen-bond donors (Lipinski definition) is 1. The van der Waals surface area contributed by atoms with Gasteiger partial charge in [0, 0.05) is 37.3 Å². The molecule has 0 saturated carbocycles. The molecule has 6 nitrogen and oxygen atoms in total. The van der Waals surface area contributed by atoms with Crippen LogP contribution >= 0.6 is 0 Å². The Hall–Kier alpha value is -2.86. The molecule has 0 spiro atoms. The molecular formula is C19H20F3N3O3. The third-order valence-electron chi connectivity index (χ3n) is 4.82. The molecule has 2 aliphatic rings. The number of aliphatic carboxylic acids is 1. The van der Waals surface area contributed by atoms with Crippen molar-refractivity contribution in [3.63, 3.8) is 0 Å². The van der Waals surface area contributed by atoms with Crippen molar-refractivity contribution in [2.24, 2.45) is 0 Å². The smallest absolute Gasteiger partial charge is 0.475 e. The van der Waals surface area contributed by atoms with Crippen LogP contribution in [-0.2, 0) is 4.79 Å². The van der Waals surface area contributed by atoms with E-state index in [4.69, 9.17) is 15.2 Å². The minimum atomic E-state index is -5.08. The maximum atomic E-state index is 12.7. The average Bonchev–Trinajstić information content (AvgIpc) is 3.24. The van der Waals surface area contributed by atoms with Gasteiger partial charge in [-0.05, 0) is 37.1 Å². The van der Waals surface area contributed by atoms with E-state index >= 15 is 0 Å². The lowest BCUT2D eigenvalue weighted by Gasteiger charge is -2.25. The molecular weight excluding hydrogens is 375 g/mol. The lowest BCUT2D eigenvalue weighted by molar-refractivity contribution is -0.192. The SMILES string of the molecule is C=CCN1CCC2C1CCN2C(=O)c1ccc(C#N)cc1.O=C(O)C(F)(F)F. The third-order valence-corrected chi connectivity index (χ3v) is 4.82. The van der Waals surface area contributed by atoms with Gasteiger partial charge < -0.3 is 10.0 Å². The van der Waals surface area contributed by atoms with Crippen molar-refractivity contribution in [2.45, 2.75) is 31.1 Å². The van der Waals surface area contributed by atoms with Crippen LogP contribution in [0.4, 0.5) is 13.2 Å². The number of carbonyl (C=O) groups excluding carboxylic acids is 1. The lowest BCUT2D eigenvalue weighted by Crippen LogP contribution is -2.39. The Morgan fingerprint density at radius 2 is 1.79 bits per heavy atom. The van der Waals surface area contributed by atoms with Crippen molar-refractivity contribution in [3.05, 3.63) is 48.0 Å². The molecule has 2 fully saturated rings. The zero-order valence-corrected chi connectivity index (χ0v) is 15.0. The number of halogens is 3. The number of amides is 1. The molecule has 1 aromatic carbocycles. The number of fused-ring (bicyclic) bond motifs is 1. The number of alkyl halides is 3. The van der Waals surface area contributed by atoms with Crippen LogP contribution in [0.1, 0.15) is 28.8 Å². The monoisotopic (exact) mass is 395 g/mol. The van der Waals surface area contributed by atoms with Gasteiger partial charge in [-0.2, -0.15) is 18.4 Å². The first-order chi connectivity index (χ1) is 13.2. The van der Waals surface area contributed by atoms with Crippen molar-refractivity contribution in [3.8, 4) is 6.07 Å². The number of nitrogens with zero attached hydrogens (tertiary/aromatic N) is 3. The highest BCUT2D eigenvalue weighted by molar-refractivity contribution is 5.94. The van der Waals surface area contributed by atoms with Crippen LogP contribution in [-0.4, -0.2) is 64.7 Å². The molecule has 1 amide bonds. The highest BCUT2D eigenvalue weighted by atomic mass is 19.4. The van der Waals surface area contributed by atoms with E-state index in [1.54, 1.807) is 24.3 Å². The summed E-state index contributed by atoms with van der Waals surface area (Å²) in [6.45, 7) is 6.57. The number of hydrogen-bond acceptors (Lipinski definition) is 4. The normalized spacial score (nSPS) is 21.3. The van der Waals surface area contributed by atoms with Gasteiger partial charge in [0.2, 0.25) is 0 Å². The van der Waals surface area contributed by atoms with Gasteiger partial charge in [0.15, 0.2) is 0 Å². The van der Waals surface area contributed by atoms with Gasteiger partial charge >= 0.3 is 12.1 Å². The molecule has 150 valence electrons. The highest BCUT2D eigenvalue weighted by Crippen LogP contribution is 2.32. The van der Waals surface area contributed by atoms with E-state index in [9.17, 15) is 18.0 Å². The third kappa shape index (κ3) is 4.89. The number of carboxylic acid groups (broad SMARTS) is 1. The fraction of sp³-hybridized carbons (Fsp3) is 0.421. The summed E-state index contributed by atoms with van der Waals surface area (Å²) >= 11 is 0. The Kier molecular flexibility index (Phi) is 6.80. The van der Waals surface area contributed by atoms with Crippen LogP contribution in [0.25, 0.3) is 0 Å². The summed E-state index contributed by atoms with van der Waals surface area (Å²) in [6.07, 6.45) is -1.06. The van der Waals surface area contributed by atoms with E-state index in [1.807, 2.05) is 11.0 Å². The van der Waals surface area contributed by atoms with E-state index in [2.05, 4.69) is 17.5 Å². The Morgan fingerprint density at radius 1 is 1.21 bits per heavy atom. The van der Waals surface area contributed by atoms with Gasteiger partial charge in [-0.15, -0.1) is 6.58 Å². The molecule has 0 aromatic heterocycles. The molecule has 2 saturated heterocycles. The Labute approximate surface area is 160 Å². The van der Waals surface area contributed by atoms with Crippen LogP contribution in [0.5, 0.6) is 0 Å². The van der Waals surface area contributed by atoms with Gasteiger partial charge in [-0.3, -0.25) is 9.69 Å². The second-order valence-corrected chi connectivity index (χ2v) is 6.49. The van der Waals surface area contributed by atoms with Gasteiger partial charge in [0.1, 0.15) is 0 Å². The Balaban J connectivity index is 0.000000345. The van der Waals surface area contributed by atoms with Crippen molar-refractivity contribution in [1.29, 1.82) is 5.26 Å². The molecule has 0 aliphatic carbocycles. The highest BCUT2D eigenvalue weighted by Gasteiger charge is 2.43. The Bertz CT molecular complexity index is 771. The number of carboxylic acids is 1. The molecule has 3 rings (SSSR count). The average molecular weight is 395 g/mol. The number of carbonyl (C=O) groups is 2. The first-order valence-corrected chi connectivity index (χ1v) is 8.65. The van der Waals surface area contributed by atoms with Gasteiger partial charge in [-0.25, -0.2) is 4.79 Å². The van der Waals surface area contributed by atoms with Gasteiger partial charge in [0.05, 0.1) is 11.6 Å². The predicted molar refractivity (Wildman–Crippen MR) is 94.5 cm³/mol. The summed E-state index contributed by atoms with van der Waals surface area (Å²) in [5.41, 5.74) is 1.26. The summed E-state index contributed by atoms with van der Waals surface area (Å²) in [4.78, 5) is 26.0. The molecule has 0 bridgehead atoms. The molecule has 2 heterocycles. The summed E-state index contributed by atoms with van der Waals surface area (Å²) in [6, 6.07) is 9.81. The Morgan fingerprint density at radius 3 is 2.29 bits per heavy atom. The largest absolute Gasteiger partial charge is 0.490 e. The lowest BCUT2D eigenvalue weighted by atomic mass is 10.1. The van der Waals surface area contributed by atoms with Crippen LogP contribution in [0, 0.1) is 11.3 Å². The van der Waals surface area contributed by atoms with Crippen molar-refractivity contribution < 1.29 is 27.9 Å². The van der Waals surface area contributed by atoms with E-state index in [1.165, 1.54) is 0 Å². The van der Waals surface area contributed by atoms with E-state index in [-0.39, 0.29) is 5.91 Å². The van der Waals surface area contributed by atoms with Crippen LogP contribution < -0.4 is 0 Å². The fourth-order valence-corrected chi connectivity index (χ4v) is 3.57. The molecule has 0 radical (unpaired) electrons. The summed E-state index contributed by atoms with van der Waals surface area (Å²) in [5, 5.41) is 15.9. The topological polar surface area (TPSA) is 84.6 Å². The van der Waals surface area contributed by atoms with Gasteiger partial charge in [0.25, 0.3) is 5.91 Å².